The summed E-state index contributed by atoms with van der Waals surface area (Å²) in [6.45, 7) is 0. The Labute approximate surface area is 116 Å². The van der Waals surface area contributed by atoms with Crippen LogP contribution in [-0.4, -0.2) is 28.2 Å². The maximum absolute atomic E-state index is 5.49. The molecule has 0 spiro atoms. The van der Waals surface area contributed by atoms with Crippen molar-refractivity contribution in [2.24, 2.45) is 0 Å². The number of aromatic nitrogens is 2. The molecule has 0 aliphatic carbocycles. The number of nitrogens with one attached hydrogen (secondary N) is 1. The van der Waals surface area contributed by atoms with E-state index < -0.39 is 0 Å². The number of benzene rings is 1. The molecule has 0 bridgehead atoms. The lowest BCUT2D eigenvalue weighted by atomic mass is 10.1. The molecule has 1 aliphatic heterocycles. The molecule has 0 unspecified atom stereocenters. The van der Waals surface area contributed by atoms with E-state index in [-0.39, 0.29) is 0 Å². The zero-order valence-corrected chi connectivity index (χ0v) is 11.9. The van der Waals surface area contributed by atoms with E-state index in [1.54, 1.807) is 7.11 Å². The van der Waals surface area contributed by atoms with Crippen molar-refractivity contribution in [1.82, 2.24) is 9.55 Å². The number of hydrogen-bond acceptors (Lipinski definition) is 3. The Bertz CT molecular complexity index is 611. The lowest BCUT2D eigenvalue weighted by Gasteiger charge is -2.23. The third-order valence-corrected chi connectivity index (χ3v) is 4.84. The van der Waals surface area contributed by atoms with Gasteiger partial charge in [0, 0.05) is 6.04 Å². The van der Waals surface area contributed by atoms with Crippen LogP contribution in [0.4, 0.5) is 0 Å². The number of thioether (sulfide) groups is 1. The Kier molecular flexibility index (Phi) is 3.35. The van der Waals surface area contributed by atoms with Gasteiger partial charge in [0.1, 0.15) is 11.3 Å². The molecule has 18 heavy (non-hydrogen) atoms. The van der Waals surface area contributed by atoms with Crippen molar-refractivity contribution in [1.29, 1.82) is 0 Å². The Hall–Kier alpha value is -0.940. The first-order valence-corrected chi connectivity index (χ1v) is 7.72. The minimum atomic E-state index is 0.527. The van der Waals surface area contributed by atoms with Gasteiger partial charge < -0.3 is 14.3 Å². The monoisotopic (exact) mass is 280 g/mol. The standard InChI is InChI=1S/C13H16N2OS2/c1-16-11-4-2-3-10-12(11)14-13(17)15(10)9-5-7-18-8-6-9/h2-4,9H,5-8H2,1H3,(H,14,17). The number of methoxy groups -OCH3 is 1. The minimum Gasteiger partial charge on any atom is -0.494 e. The fraction of sp³-hybridized carbons (Fsp3) is 0.462. The molecule has 96 valence electrons. The number of rotatable bonds is 2. The molecule has 1 aliphatic rings. The average Bonchev–Trinajstić information content (AvgIpc) is 2.75. The molecule has 1 fully saturated rings. The SMILES string of the molecule is COc1cccc2c1[nH]c(=S)n2C1CCSCC1. The third kappa shape index (κ3) is 1.95. The van der Waals surface area contributed by atoms with E-state index >= 15 is 0 Å². The van der Waals surface area contributed by atoms with Gasteiger partial charge in [-0.3, -0.25) is 0 Å². The predicted octanol–water partition coefficient (Wildman–Crippen LogP) is 3.78. The highest BCUT2D eigenvalue weighted by molar-refractivity contribution is 7.99. The molecule has 1 aromatic heterocycles. The molecule has 0 saturated carbocycles. The number of imidazole rings is 1. The summed E-state index contributed by atoms with van der Waals surface area (Å²) >= 11 is 7.52. The van der Waals surface area contributed by atoms with Crippen LogP contribution >= 0.6 is 24.0 Å². The predicted molar refractivity (Wildman–Crippen MR) is 79.3 cm³/mol. The normalized spacial score (nSPS) is 17.2. The van der Waals surface area contributed by atoms with Gasteiger partial charge in [-0.05, 0) is 48.7 Å². The van der Waals surface area contributed by atoms with Gasteiger partial charge in [-0.1, -0.05) is 6.07 Å². The van der Waals surface area contributed by atoms with Gasteiger partial charge in [0.2, 0.25) is 0 Å². The van der Waals surface area contributed by atoms with Gasteiger partial charge in [-0.25, -0.2) is 0 Å². The fourth-order valence-electron chi connectivity index (χ4n) is 2.60. The summed E-state index contributed by atoms with van der Waals surface area (Å²) in [5.41, 5.74) is 2.18. The van der Waals surface area contributed by atoms with Gasteiger partial charge >= 0.3 is 0 Å². The molecule has 1 aromatic carbocycles. The molecule has 2 aromatic rings. The summed E-state index contributed by atoms with van der Waals surface area (Å²) in [7, 11) is 1.69. The summed E-state index contributed by atoms with van der Waals surface area (Å²) in [5.74, 6) is 3.31. The van der Waals surface area contributed by atoms with Gasteiger partial charge in [-0.2, -0.15) is 11.8 Å². The zero-order valence-electron chi connectivity index (χ0n) is 10.3. The summed E-state index contributed by atoms with van der Waals surface area (Å²) in [6.07, 6.45) is 2.40. The van der Waals surface area contributed by atoms with Crippen LogP contribution in [0.15, 0.2) is 18.2 Å². The van der Waals surface area contributed by atoms with Crippen LogP contribution in [0.2, 0.25) is 0 Å². The van der Waals surface area contributed by atoms with Crippen molar-refractivity contribution < 1.29 is 4.74 Å². The van der Waals surface area contributed by atoms with Gasteiger partial charge in [0.05, 0.1) is 12.6 Å². The molecule has 3 rings (SSSR count). The molecule has 2 heterocycles. The molecule has 1 saturated heterocycles. The van der Waals surface area contributed by atoms with E-state index in [2.05, 4.69) is 15.6 Å². The number of H-pyrrole nitrogens is 1. The van der Waals surface area contributed by atoms with Crippen LogP contribution in [0.25, 0.3) is 11.0 Å². The maximum Gasteiger partial charge on any atom is 0.178 e. The smallest absolute Gasteiger partial charge is 0.178 e. The second-order valence-electron chi connectivity index (χ2n) is 4.50. The molecule has 0 radical (unpaired) electrons. The zero-order chi connectivity index (χ0) is 12.5. The molecular formula is C13H16N2OS2. The molecule has 0 amide bonds. The second kappa shape index (κ2) is 4.97. The fourth-order valence-corrected chi connectivity index (χ4v) is 4.03. The number of para-hydroxylation sites is 1. The van der Waals surface area contributed by atoms with Crippen molar-refractivity contribution in [2.45, 2.75) is 18.9 Å². The van der Waals surface area contributed by atoms with E-state index in [1.165, 1.54) is 24.3 Å². The Balaban J connectivity index is 2.16. The number of ether oxygens (including phenoxy) is 1. The Morgan fingerprint density at radius 3 is 2.89 bits per heavy atom. The van der Waals surface area contributed by atoms with E-state index in [1.807, 2.05) is 23.9 Å². The van der Waals surface area contributed by atoms with E-state index in [0.29, 0.717) is 6.04 Å². The minimum absolute atomic E-state index is 0.527. The van der Waals surface area contributed by atoms with Crippen molar-refractivity contribution in [2.75, 3.05) is 18.6 Å². The van der Waals surface area contributed by atoms with Crippen molar-refractivity contribution in [3.05, 3.63) is 23.0 Å². The number of hydrogen-bond donors (Lipinski definition) is 1. The summed E-state index contributed by atoms with van der Waals surface area (Å²) in [5, 5.41) is 0. The summed E-state index contributed by atoms with van der Waals surface area (Å²) in [6, 6.07) is 6.64. The van der Waals surface area contributed by atoms with E-state index in [9.17, 15) is 0 Å². The quantitative estimate of drug-likeness (QED) is 0.849. The average molecular weight is 280 g/mol. The molecule has 1 N–H and O–H groups in total. The van der Waals surface area contributed by atoms with Gasteiger partial charge in [-0.15, -0.1) is 0 Å². The number of aromatic amines is 1. The van der Waals surface area contributed by atoms with Gasteiger partial charge in [0.15, 0.2) is 4.77 Å². The topological polar surface area (TPSA) is 29.9 Å². The van der Waals surface area contributed by atoms with Crippen LogP contribution < -0.4 is 4.74 Å². The molecule has 0 atom stereocenters. The highest BCUT2D eigenvalue weighted by Crippen LogP contribution is 2.32. The lowest BCUT2D eigenvalue weighted by molar-refractivity contribution is 0.419. The Morgan fingerprint density at radius 1 is 1.39 bits per heavy atom. The van der Waals surface area contributed by atoms with Crippen LogP contribution in [0.1, 0.15) is 18.9 Å². The number of nitrogens with zero attached hydrogens (tertiary/aromatic N) is 1. The first-order valence-electron chi connectivity index (χ1n) is 6.16. The lowest BCUT2D eigenvalue weighted by Crippen LogP contribution is -2.15. The largest absolute Gasteiger partial charge is 0.494 e. The van der Waals surface area contributed by atoms with Crippen LogP contribution in [-0.2, 0) is 0 Å². The number of fused-ring (bicyclic) bond motifs is 1. The van der Waals surface area contributed by atoms with Crippen molar-refractivity contribution >= 4 is 35.0 Å². The first-order chi connectivity index (χ1) is 8.81. The highest BCUT2D eigenvalue weighted by Gasteiger charge is 2.19. The molecular weight excluding hydrogens is 264 g/mol. The highest BCUT2D eigenvalue weighted by atomic mass is 32.2. The second-order valence-corrected chi connectivity index (χ2v) is 6.11. The van der Waals surface area contributed by atoms with Crippen LogP contribution in [0.3, 0.4) is 0 Å². The van der Waals surface area contributed by atoms with Crippen molar-refractivity contribution in [3.8, 4) is 5.75 Å². The van der Waals surface area contributed by atoms with Crippen LogP contribution in [0.5, 0.6) is 5.75 Å². The van der Waals surface area contributed by atoms with Crippen LogP contribution in [0, 0.1) is 4.77 Å². The Morgan fingerprint density at radius 2 is 2.17 bits per heavy atom. The molecule has 3 nitrogen and oxygen atoms in total. The molecule has 5 heteroatoms. The van der Waals surface area contributed by atoms with Gasteiger partial charge in [0.25, 0.3) is 0 Å². The third-order valence-electron chi connectivity index (χ3n) is 3.49. The van der Waals surface area contributed by atoms with E-state index in [0.717, 1.165) is 21.6 Å². The first kappa shape index (κ1) is 12.1. The van der Waals surface area contributed by atoms with Crippen molar-refractivity contribution in [3.63, 3.8) is 0 Å². The maximum atomic E-state index is 5.49. The van der Waals surface area contributed by atoms with E-state index in [4.69, 9.17) is 17.0 Å². The summed E-state index contributed by atoms with van der Waals surface area (Å²) < 4.78 is 8.47. The summed E-state index contributed by atoms with van der Waals surface area (Å²) in [4.78, 5) is 3.29.